The molecule has 0 saturated carbocycles. The summed E-state index contributed by atoms with van der Waals surface area (Å²) in [6.07, 6.45) is 3.04. The van der Waals surface area contributed by atoms with Crippen molar-refractivity contribution < 1.29 is 0 Å². The van der Waals surface area contributed by atoms with E-state index in [1.807, 2.05) is 18.3 Å². The second kappa shape index (κ2) is 6.40. The summed E-state index contributed by atoms with van der Waals surface area (Å²) in [6.45, 7) is 8.84. The molecule has 0 bridgehead atoms. The summed E-state index contributed by atoms with van der Waals surface area (Å²) >= 11 is 0. The van der Waals surface area contributed by atoms with Crippen molar-refractivity contribution in [1.82, 2.24) is 15.1 Å². The van der Waals surface area contributed by atoms with Gasteiger partial charge in [-0.1, -0.05) is 19.9 Å². The maximum absolute atomic E-state index is 4.07. The minimum Gasteiger partial charge on any atom is -0.384 e. The zero-order chi connectivity index (χ0) is 12.8. The summed E-state index contributed by atoms with van der Waals surface area (Å²) in [5, 5.41) is 11.7. The Morgan fingerprint density at radius 2 is 2.11 bits per heavy atom. The maximum Gasteiger partial charge on any atom is 0.0671 e. The van der Waals surface area contributed by atoms with Crippen LogP contribution in [-0.2, 0) is 0 Å². The predicted molar refractivity (Wildman–Crippen MR) is 77.0 cm³/mol. The highest BCUT2D eigenvalue weighted by Gasteiger charge is 2.02. The molecule has 2 N–H and O–H groups in total. The molecule has 1 aromatic heterocycles. The average Bonchev–Trinajstić information content (AvgIpc) is 2.88. The molecular weight excluding hydrogens is 224 g/mol. The van der Waals surface area contributed by atoms with Crippen LogP contribution in [-0.4, -0.2) is 41.3 Å². The van der Waals surface area contributed by atoms with E-state index in [0.29, 0.717) is 0 Å². The molecule has 0 atom stereocenters. The third kappa shape index (κ3) is 3.01. The quantitative estimate of drug-likeness (QED) is 0.738. The second-order valence-electron chi connectivity index (χ2n) is 4.44. The molecule has 0 radical (unpaired) electrons. The molecule has 0 fully saturated rings. The Kier molecular flexibility index (Phi) is 4.59. The van der Waals surface area contributed by atoms with Crippen molar-refractivity contribution in [3.05, 3.63) is 24.4 Å². The number of rotatable bonds is 7. The molecule has 0 aliphatic heterocycles. The average molecular weight is 246 g/mol. The molecule has 0 unspecified atom stereocenters. The number of fused-ring (bicyclic) bond motifs is 1. The van der Waals surface area contributed by atoms with E-state index in [4.69, 9.17) is 0 Å². The standard InChI is InChI=1S/C14H22N4/c1-3-18(4-2)10-6-9-15-13-7-5-8-14-12(13)11-16-17-14/h5,7-8,11,15H,3-4,6,9-10H2,1-2H3,(H,16,17). The van der Waals surface area contributed by atoms with Gasteiger partial charge in [-0.05, 0) is 38.2 Å². The fourth-order valence-corrected chi connectivity index (χ4v) is 2.19. The Bertz CT molecular complexity index is 473. The number of H-pyrrole nitrogens is 1. The van der Waals surface area contributed by atoms with Crippen molar-refractivity contribution in [2.24, 2.45) is 0 Å². The van der Waals surface area contributed by atoms with E-state index in [9.17, 15) is 0 Å². The number of hydrogen-bond acceptors (Lipinski definition) is 3. The highest BCUT2D eigenvalue weighted by molar-refractivity contribution is 5.90. The Morgan fingerprint density at radius 1 is 1.28 bits per heavy atom. The van der Waals surface area contributed by atoms with Gasteiger partial charge < -0.3 is 10.2 Å². The summed E-state index contributed by atoms with van der Waals surface area (Å²) in [5.74, 6) is 0. The minimum absolute atomic E-state index is 1.00. The van der Waals surface area contributed by atoms with Crippen LogP contribution in [0, 0.1) is 0 Å². The molecule has 4 heteroatoms. The summed E-state index contributed by atoms with van der Waals surface area (Å²) in [5.41, 5.74) is 2.25. The van der Waals surface area contributed by atoms with Gasteiger partial charge in [0.05, 0.1) is 11.7 Å². The van der Waals surface area contributed by atoms with Crippen molar-refractivity contribution in [1.29, 1.82) is 0 Å². The van der Waals surface area contributed by atoms with E-state index >= 15 is 0 Å². The van der Waals surface area contributed by atoms with Crippen molar-refractivity contribution in [2.45, 2.75) is 20.3 Å². The van der Waals surface area contributed by atoms with Crippen LogP contribution in [0.4, 0.5) is 5.69 Å². The van der Waals surface area contributed by atoms with Crippen molar-refractivity contribution >= 4 is 16.6 Å². The van der Waals surface area contributed by atoms with Crippen LogP contribution in [0.1, 0.15) is 20.3 Å². The van der Waals surface area contributed by atoms with Crippen LogP contribution in [0.2, 0.25) is 0 Å². The monoisotopic (exact) mass is 246 g/mol. The van der Waals surface area contributed by atoms with E-state index in [-0.39, 0.29) is 0 Å². The number of aromatic nitrogens is 2. The van der Waals surface area contributed by atoms with Crippen LogP contribution >= 0.6 is 0 Å². The Hall–Kier alpha value is -1.55. The molecule has 4 nitrogen and oxygen atoms in total. The van der Waals surface area contributed by atoms with Crippen LogP contribution in [0.25, 0.3) is 10.9 Å². The molecule has 0 saturated heterocycles. The minimum atomic E-state index is 1.00. The molecule has 2 aromatic rings. The van der Waals surface area contributed by atoms with E-state index < -0.39 is 0 Å². The first-order chi connectivity index (χ1) is 8.85. The second-order valence-corrected chi connectivity index (χ2v) is 4.44. The van der Waals surface area contributed by atoms with Crippen LogP contribution in [0.5, 0.6) is 0 Å². The lowest BCUT2D eigenvalue weighted by Crippen LogP contribution is -2.25. The Labute approximate surface area is 108 Å². The smallest absolute Gasteiger partial charge is 0.0671 e. The summed E-state index contributed by atoms with van der Waals surface area (Å²) in [4.78, 5) is 2.44. The van der Waals surface area contributed by atoms with Gasteiger partial charge in [-0.15, -0.1) is 0 Å². The lowest BCUT2D eigenvalue weighted by molar-refractivity contribution is 0.303. The largest absolute Gasteiger partial charge is 0.384 e. The van der Waals surface area contributed by atoms with Crippen LogP contribution in [0.15, 0.2) is 24.4 Å². The van der Waals surface area contributed by atoms with Gasteiger partial charge in [-0.25, -0.2) is 0 Å². The number of hydrogen-bond donors (Lipinski definition) is 2. The summed E-state index contributed by atoms with van der Waals surface area (Å²) in [6, 6.07) is 6.20. The first-order valence-electron chi connectivity index (χ1n) is 6.73. The van der Waals surface area contributed by atoms with Gasteiger partial charge in [0, 0.05) is 17.6 Å². The van der Waals surface area contributed by atoms with Gasteiger partial charge >= 0.3 is 0 Å². The number of benzene rings is 1. The van der Waals surface area contributed by atoms with Crippen molar-refractivity contribution in [3.63, 3.8) is 0 Å². The normalized spacial score (nSPS) is 11.3. The molecule has 2 rings (SSSR count). The number of aromatic amines is 1. The molecular formula is C14H22N4. The fourth-order valence-electron chi connectivity index (χ4n) is 2.19. The fraction of sp³-hybridized carbons (Fsp3) is 0.500. The Balaban J connectivity index is 1.85. The van der Waals surface area contributed by atoms with Gasteiger partial charge in [-0.2, -0.15) is 5.10 Å². The van der Waals surface area contributed by atoms with Gasteiger partial charge in [0.25, 0.3) is 0 Å². The molecule has 1 aromatic carbocycles. The van der Waals surface area contributed by atoms with Crippen molar-refractivity contribution in [2.75, 3.05) is 31.5 Å². The number of nitrogens with one attached hydrogen (secondary N) is 2. The third-order valence-corrected chi connectivity index (χ3v) is 3.35. The number of nitrogens with zero attached hydrogens (tertiary/aromatic N) is 2. The van der Waals surface area contributed by atoms with E-state index in [0.717, 1.165) is 38.1 Å². The number of anilines is 1. The first-order valence-corrected chi connectivity index (χ1v) is 6.73. The van der Waals surface area contributed by atoms with Crippen LogP contribution in [0.3, 0.4) is 0 Å². The zero-order valence-corrected chi connectivity index (χ0v) is 11.2. The van der Waals surface area contributed by atoms with Gasteiger partial charge in [0.2, 0.25) is 0 Å². The summed E-state index contributed by atoms with van der Waals surface area (Å²) in [7, 11) is 0. The van der Waals surface area contributed by atoms with Gasteiger partial charge in [0.15, 0.2) is 0 Å². The first kappa shape index (κ1) is 12.9. The van der Waals surface area contributed by atoms with E-state index in [1.54, 1.807) is 0 Å². The molecule has 98 valence electrons. The van der Waals surface area contributed by atoms with E-state index in [1.165, 1.54) is 11.1 Å². The molecule has 1 heterocycles. The van der Waals surface area contributed by atoms with Crippen LogP contribution < -0.4 is 5.32 Å². The molecule has 18 heavy (non-hydrogen) atoms. The van der Waals surface area contributed by atoms with Crippen molar-refractivity contribution in [3.8, 4) is 0 Å². The van der Waals surface area contributed by atoms with Gasteiger partial charge in [-0.3, -0.25) is 5.10 Å². The third-order valence-electron chi connectivity index (χ3n) is 3.35. The predicted octanol–water partition coefficient (Wildman–Crippen LogP) is 2.71. The molecule has 0 aliphatic carbocycles. The Morgan fingerprint density at radius 3 is 2.89 bits per heavy atom. The lowest BCUT2D eigenvalue weighted by atomic mass is 10.2. The highest BCUT2D eigenvalue weighted by atomic mass is 15.1. The lowest BCUT2D eigenvalue weighted by Gasteiger charge is -2.18. The topological polar surface area (TPSA) is 44.0 Å². The molecule has 0 spiro atoms. The maximum atomic E-state index is 4.07. The van der Waals surface area contributed by atoms with Gasteiger partial charge in [0.1, 0.15) is 0 Å². The SMILES string of the molecule is CCN(CC)CCCNc1cccc2[nH]ncc12. The highest BCUT2D eigenvalue weighted by Crippen LogP contribution is 2.20. The summed E-state index contributed by atoms with van der Waals surface area (Å²) < 4.78 is 0. The van der Waals surface area contributed by atoms with E-state index in [2.05, 4.69) is 40.3 Å². The zero-order valence-electron chi connectivity index (χ0n) is 11.2. The molecule has 0 amide bonds. The molecule has 0 aliphatic rings.